The summed E-state index contributed by atoms with van der Waals surface area (Å²) in [6.07, 6.45) is 3.89. The van der Waals surface area contributed by atoms with E-state index < -0.39 is 5.97 Å². The van der Waals surface area contributed by atoms with Crippen LogP contribution in [-0.4, -0.2) is 19.0 Å². The topological polar surface area (TPSA) is 55.4 Å². The van der Waals surface area contributed by atoms with Gasteiger partial charge in [-0.1, -0.05) is 66.7 Å². The van der Waals surface area contributed by atoms with Crippen molar-refractivity contribution in [2.45, 2.75) is 0 Å². The summed E-state index contributed by atoms with van der Waals surface area (Å²) in [4.78, 5) is 24.5. The Hall–Kier alpha value is -3.66. The molecule has 0 bridgehead atoms. The highest BCUT2D eigenvalue weighted by Crippen LogP contribution is 2.21. The molecule has 0 radical (unpaired) electrons. The summed E-state index contributed by atoms with van der Waals surface area (Å²) in [5.41, 5.74) is 3.14. The van der Waals surface area contributed by atoms with Crippen LogP contribution in [0.15, 0.2) is 78.9 Å². The minimum absolute atomic E-state index is 0.287. The zero-order valence-electron chi connectivity index (χ0n) is 14.9. The first kappa shape index (κ1) is 18.1. The Morgan fingerprint density at radius 3 is 2.11 bits per heavy atom. The summed E-state index contributed by atoms with van der Waals surface area (Å²) in [6.45, 7) is 0. The molecular formula is C23H19NO3. The van der Waals surface area contributed by atoms with Crippen LogP contribution >= 0.6 is 0 Å². The number of carbonyl (C=O) groups is 2. The van der Waals surface area contributed by atoms with E-state index in [0.29, 0.717) is 16.8 Å². The molecule has 3 rings (SSSR count). The number of esters is 1. The molecule has 0 fully saturated rings. The lowest BCUT2D eigenvalue weighted by Crippen LogP contribution is -2.15. The van der Waals surface area contributed by atoms with Gasteiger partial charge in [-0.05, 0) is 35.4 Å². The predicted octanol–water partition coefficient (Wildman–Crippen LogP) is 4.90. The molecule has 0 heterocycles. The zero-order valence-corrected chi connectivity index (χ0v) is 14.9. The lowest BCUT2D eigenvalue weighted by molar-refractivity contribution is 0.0602. The number of hydrogen-bond donors (Lipinski definition) is 1. The van der Waals surface area contributed by atoms with Crippen molar-refractivity contribution in [2.75, 3.05) is 12.4 Å². The van der Waals surface area contributed by atoms with Crippen molar-refractivity contribution in [2.24, 2.45) is 0 Å². The first-order valence-corrected chi connectivity index (χ1v) is 8.49. The van der Waals surface area contributed by atoms with Crippen molar-refractivity contribution in [1.29, 1.82) is 0 Å². The van der Waals surface area contributed by atoms with Gasteiger partial charge in [0.2, 0.25) is 0 Å². The average Bonchev–Trinajstić information content (AvgIpc) is 2.73. The van der Waals surface area contributed by atoms with E-state index in [2.05, 4.69) is 5.32 Å². The minimum Gasteiger partial charge on any atom is -0.465 e. The Morgan fingerprint density at radius 1 is 0.815 bits per heavy atom. The fraction of sp³-hybridized carbons (Fsp3) is 0.0435. The molecule has 0 aliphatic heterocycles. The van der Waals surface area contributed by atoms with E-state index >= 15 is 0 Å². The molecule has 0 aliphatic carbocycles. The van der Waals surface area contributed by atoms with Crippen LogP contribution in [0, 0.1) is 0 Å². The van der Waals surface area contributed by atoms with Crippen molar-refractivity contribution in [3.63, 3.8) is 0 Å². The Balaban J connectivity index is 1.90. The molecule has 0 aliphatic rings. The molecule has 0 saturated carbocycles. The number of ether oxygens (including phenoxy) is 1. The molecule has 3 aromatic rings. The normalized spacial score (nSPS) is 10.6. The molecule has 27 heavy (non-hydrogen) atoms. The molecule has 0 aromatic heterocycles. The molecule has 3 aromatic carbocycles. The van der Waals surface area contributed by atoms with Gasteiger partial charge in [-0.3, -0.25) is 4.79 Å². The van der Waals surface area contributed by atoms with Gasteiger partial charge in [0.25, 0.3) is 5.91 Å². The van der Waals surface area contributed by atoms with Gasteiger partial charge in [-0.25, -0.2) is 4.79 Å². The van der Waals surface area contributed by atoms with Crippen LogP contribution in [0.5, 0.6) is 0 Å². The third-order valence-corrected chi connectivity index (χ3v) is 4.00. The van der Waals surface area contributed by atoms with Gasteiger partial charge in [0.15, 0.2) is 0 Å². The standard InChI is InChI=1S/C23H19NO3/c1-27-23(26)20-15-14-18(13-12-17-8-4-2-5-9-17)16-21(20)24-22(25)19-10-6-3-7-11-19/h2-16H,1H3,(H,24,25). The van der Waals surface area contributed by atoms with E-state index in [1.165, 1.54) is 7.11 Å². The smallest absolute Gasteiger partial charge is 0.339 e. The summed E-state index contributed by atoms with van der Waals surface area (Å²) >= 11 is 0. The minimum atomic E-state index is -0.503. The Morgan fingerprint density at radius 2 is 1.44 bits per heavy atom. The van der Waals surface area contributed by atoms with Crippen LogP contribution in [0.4, 0.5) is 5.69 Å². The van der Waals surface area contributed by atoms with Crippen LogP contribution in [0.1, 0.15) is 31.8 Å². The number of methoxy groups -OCH3 is 1. The first-order valence-electron chi connectivity index (χ1n) is 8.49. The van der Waals surface area contributed by atoms with Crippen molar-refractivity contribution in [3.8, 4) is 0 Å². The van der Waals surface area contributed by atoms with Gasteiger partial charge in [0, 0.05) is 5.56 Å². The molecule has 4 nitrogen and oxygen atoms in total. The van der Waals surface area contributed by atoms with E-state index in [1.807, 2.05) is 54.6 Å². The number of anilines is 1. The molecule has 4 heteroatoms. The molecular weight excluding hydrogens is 338 g/mol. The zero-order chi connectivity index (χ0) is 19.1. The monoisotopic (exact) mass is 357 g/mol. The van der Waals surface area contributed by atoms with Crippen LogP contribution in [0.25, 0.3) is 12.2 Å². The summed E-state index contributed by atoms with van der Waals surface area (Å²) < 4.78 is 4.83. The molecule has 0 unspecified atom stereocenters. The van der Waals surface area contributed by atoms with E-state index in [1.54, 1.807) is 36.4 Å². The van der Waals surface area contributed by atoms with E-state index in [4.69, 9.17) is 4.74 Å². The quantitative estimate of drug-likeness (QED) is 0.522. The van der Waals surface area contributed by atoms with Gasteiger partial charge >= 0.3 is 5.97 Å². The second-order valence-electron chi connectivity index (χ2n) is 5.86. The van der Waals surface area contributed by atoms with E-state index in [0.717, 1.165) is 11.1 Å². The number of carbonyl (C=O) groups excluding carboxylic acids is 2. The molecule has 1 amide bonds. The fourth-order valence-corrected chi connectivity index (χ4v) is 2.60. The van der Waals surface area contributed by atoms with Crippen molar-refractivity contribution in [3.05, 3.63) is 101 Å². The van der Waals surface area contributed by atoms with Crippen LogP contribution < -0.4 is 5.32 Å². The predicted molar refractivity (Wildman–Crippen MR) is 108 cm³/mol. The van der Waals surface area contributed by atoms with Crippen molar-refractivity contribution >= 4 is 29.7 Å². The van der Waals surface area contributed by atoms with E-state index in [-0.39, 0.29) is 5.91 Å². The second kappa shape index (κ2) is 8.63. The largest absolute Gasteiger partial charge is 0.465 e. The number of rotatable bonds is 5. The third kappa shape index (κ3) is 4.70. The number of hydrogen-bond acceptors (Lipinski definition) is 3. The van der Waals surface area contributed by atoms with Crippen LogP contribution in [0.2, 0.25) is 0 Å². The van der Waals surface area contributed by atoms with Gasteiger partial charge in [0.1, 0.15) is 0 Å². The molecule has 0 saturated heterocycles. The van der Waals surface area contributed by atoms with Gasteiger partial charge in [0.05, 0.1) is 18.4 Å². The number of benzene rings is 3. The van der Waals surface area contributed by atoms with Crippen molar-refractivity contribution < 1.29 is 14.3 Å². The van der Waals surface area contributed by atoms with Crippen LogP contribution in [-0.2, 0) is 4.74 Å². The SMILES string of the molecule is COC(=O)c1ccc(C=Cc2ccccc2)cc1NC(=O)c1ccccc1. The highest BCUT2D eigenvalue weighted by atomic mass is 16.5. The van der Waals surface area contributed by atoms with E-state index in [9.17, 15) is 9.59 Å². The molecule has 0 atom stereocenters. The lowest BCUT2D eigenvalue weighted by atomic mass is 10.1. The highest BCUT2D eigenvalue weighted by Gasteiger charge is 2.15. The first-order chi connectivity index (χ1) is 13.2. The maximum absolute atomic E-state index is 12.5. The summed E-state index contributed by atoms with van der Waals surface area (Å²) in [7, 11) is 1.31. The second-order valence-corrected chi connectivity index (χ2v) is 5.86. The summed E-state index contributed by atoms with van der Waals surface area (Å²) in [5, 5.41) is 2.81. The number of nitrogens with one attached hydrogen (secondary N) is 1. The summed E-state index contributed by atoms with van der Waals surface area (Å²) in [5.74, 6) is -0.790. The summed E-state index contributed by atoms with van der Waals surface area (Å²) in [6, 6.07) is 23.9. The Bertz CT molecular complexity index is 963. The third-order valence-electron chi connectivity index (χ3n) is 4.00. The van der Waals surface area contributed by atoms with Gasteiger partial charge < -0.3 is 10.1 Å². The molecule has 1 N–H and O–H groups in total. The van der Waals surface area contributed by atoms with Gasteiger partial charge in [-0.2, -0.15) is 0 Å². The lowest BCUT2D eigenvalue weighted by Gasteiger charge is -2.11. The molecule has 0 spiro atoms. The average molecular weight is 357 g/mol. The maximum atomic E-state index is 12.5. The maximum Gasteiger partial charge on any atom is 0.339 e. The van der Waals surface area contributed by atoms with Crippen LogP contribution in [0.3, 0.4) is 0 Å². The van der Waals surface area contributed by atoms with Crippen molar-refractivity contribution in [1.82, 2.24) is 0 Å². The highest BCUT2D eigenvalue weighted by molar-refractivity contribution is 6.08. The Kier molecular flexibility index (Phi) is 5.80. The van der Waals surface area contributed by atoms with Gasteiger partial charge in [-0.15, -0.1) is 0 Å². The fourth-order valence-electron chi connectivity index (χ4n) is 2.60. The Labute approximate surface area is 158 Å². The molecule has 134 valence electrons. The number of amides is 1.